The number of rotatable bonds is 11. The van der Waals surface area contributed by atoms with Crippen LogP contribution in [0.1, 0.15) is 85.5 Å². The van der Waals surface area contributed by atoms with Crippen LogP contribution >= 0.6 is 0 Å². The van der Waals surface area contributed by atoms with Crippen molar-refractivity contribution in [3.63, 3.8) is 0 Å². The Balaban J connectivity index is 0.837. The lowest BCUT2D eigenvalue weighted by molar-refractivity contribution is -0.412. The molecular formula is C50H80O24. The first kappa shape index (κ1) is 56.1. The highest BCUT2D eigenvalue weighted by atomic mass is 16.8. The molecule has 424 valence electrons. The fourth-order valence-corrected chi connectivity index (χ4v) is 15.3. The van der Waals surface area contributed by atoms with Crippen LogP contribution in [-0.4, -0.2) is 245 Å². The minimum atomic E-state index is -2.12. The van der Waals surface area contributed by atoms with Gasteiger partial charge in [-0.3, -0.25) is 0 Å². The lowest BCUT2D eigenvalue weighted by atomic mass is 9.45. The van der Waals surface area contributed by atoms with Crippen LogP contribution in [0.25, 0.3) is 0 Å². The number of hydrogen-bond acceptors (Lipinski definition) is 24. The van der Waals surface area contributed by atoms with Crippen LogP contribution < -0.4 is 0 Å². The van der Waals surface area contributed by atoms with E-state index in [4.69, 9.17) is 47.4 Å². The third-order valence-electron chi connectivity index (χ3n) is 19.7. The largest absolute Gasteiger partial charge is 0.394 e. The molecule has 6 saturated heterocycles. The van der Waals surface area contributed by atoms with Gasteiger partial charge in [0.15, 0.2) is 37.2 Å². The minimum Gasteiger partial charge on any atom is -0.394 e. The number of ether oxygens (including phenoxy) is 10. The molecule has 31 atom stereocenters. The predicted molar refractivity (Wildman–Crippen MR) is 245 cm³/mol. The maximum absolute atomic E-state index is 13.0. The highest BCUT2D eigenvalue weighted by Crippen LogP contribution is 2.72. The molecule has 3 saturated carbocycles. The fourth-order valence-electron chi connectivity index (χ4n) is 15.3. The molecule has 10 aliphatic rings. The summed E-state index contributed by atoms with van der Waals surface area (Å²) in [7, 11) is 0. The van der Waals surface area contributed by atoms with E-state index in [0.29, 0.717) is 44.6 Å². The molecule has 6 heterocycles. The fraction of sp³-hybridized carbons (Fsp3) is 0.960. The third kappa shape index (κ3) is 9.08. The van der Waals surface area contributed by atoms with Crippen molar-refractivity contribution in [3.05, 3.63) is 11.6 Å². The highest BCUT2D eigenvalue weighted by molar-refractivity contribution is 5.30. The van der Waals surface area contributed by atoms with Crippen molar-refractivity contribution in [1.82, 2.24) is 0 Å². The van der Waals surface area contributed by atoms with Gasteiger partial charge in [-0.1, -0.05) is 39.3 Å². The summed E-state index contributed by atoms with van der Waals surface area (Å²) in [5, 5.41) is 153. The zero-order valence-electron chi connectivity index (χ0n) is 42.2. The normalized spacial score (nSPS) is 57.5. The van der Waals surface area contributed by atoms with Gasteiger partial charge in [-0.05, 0) is 68.1 Å². The second-order valence-electron chi connectivity index (χ2n) is 23.7. The maximum atomic E-state index is 13.0. The highest BCUT2D eigenvalue weighted by Gasteiger charge is 2.74. The van der Waals surface area contributed by atoms with Crippen LogP contribution in [0.3, 0.4) is 0 Å². The molecule has 0 radical (unpaired) electrons. The van der Waals surface area contributed by atoms with E-state index in [2.05, 4.69) is 33.8 Å². The molecule has 0 aromatic heterocycles. The molecule has 0 aromatic rings. The molecule has 0 aromatic carbocycles. The molecule has 4 aliphatic carbocycles. The van der Waals surface area contributed by atoms with Crippen molar-refractivity contribution in [2.24, 2.45) is 40.4 Å². The van der Waals surface area contributed by atoms with Crippen LogP contribution in [0.2, 0.25) is 0 Å². The third-order valence-corrected chi connectivity index (χ3v) is 19.7. The van der Waals surface area contributed by atoms with Crippen molar-refractivity contribution in [2.45, 2.75) is 232 Å². The molecule has 10 rings (SSSR count). The molecule has 9 fully saturated rings. The number of fused-ring (bicyclic) bond motifs is 7. The van der Waals surface area contributed by atoms with E-state index in [1.165, 1.54) is 5.57 Å². The summed E-state index contributed by atoms with van der Waals surface area (Å²) in [5.41, 5.74) is -0.337. The van der Waals surface area contributed by atoms with Crippen LogP contribution in [0, 0.1) is 40.4 Å². The van der Waals surface area contributed by atoms with E-state index in [1.807, 2.05) is 0 Å². The smallest absolute Gasteiger partial charge is 0.189 e. The first-order valence-electron chi connectivity index (χ1n) is 26.6. The van der Waals surface area contributed by atoms with Crippen LogP contribution in [0.5, 0.6) is 0 Å². The lowest BCUT2D eigenvalue weighted by Gasteiger charge is -2.62. The molecule has 24 heteroatoms. The molecule has 6 aliphatic heterocycles. The minimum absolute atomic E-state index is 0.0214. The van der Waals surface area contributed by atoms with E-state index in [0.717, 1.165) is 25.7 Å². The Hall–Kier alpha value is -1.22. The summed E-state index contributed by atoms with van der Waals surface area (Å²) in [6.07, 6.45) is -29.1. The Bertz CT molecular complexity index is 1980. The van der Waals surface area contributed by atoms with Gasteiger partial charge in [0.1, 0.15) is 91.6 Å². The van der Waals surface area contributed by atoms with Gasteiger partial charge in [-0.25, -0.2) is 0 Å². The summed E-state index contributed by atoms with van der Waals surface area (Å²) in [5.74, 6) is 0.435. The summed E-state index contributed by atoms with van der Waals surface area (Å²) < 4.78 is 60.6. The van der Waals surface area contributed by atoms with Crippen LogP contribution in [-0.2, 0) is 47.4 Å². The second kappa shape index (κ2) is 21.0. The average molecular weight is 1070 g/mol. The van der Waals surface area contributed by atoms with E-state index < -0.39 is 160 Å². The molecule has 1 spiro atoms. The van der Waals surface area contributed by atoms with Gasteiger partial charge >= 0.3 is 0 Å². The van der Waals surface area contributed by atoms with E-state index >= 15 is 0 Å². The first-order chi connectivity index (χ1) is 35.0. The predicted octanol–water partition coefficient (Wildman–Crippen LogP) is -3.92. The Morgan fingerprint density at radius 2 is 1.18 bits per heavy atom. The number of aliphatic hydroxyl groups is 14. The summed E-state index contributed by atoms with van der Waals surface area (Å²) >= 11 is 0. The van der Waals surface area contributed by atoms with Crippen molar-refractivity contribution in [1.29, 1.82) is 0 Å². The molecule has 0 amide bonds. The Labute approximate surface area is 428 Å². The lowest BCUT2D eigenvalue weighted by Crippen LogP contribution is -2.68. The molecular weight excluding hydrogens is 985 g/mol. The van der Waals surface area contributed by atoms with Gasteiger partial charge in [0.2, 0.25) is 0 Å². The summed E-state index contributed by atoms with van der Waals surface area (Å²) in [6.45, 7) is 7.04. The monoisotopic (exact) mass is 1060 g/mol. The number of hydrogen-bond donors (Lipinski definition) is 14. The molecule has 74 heavy (non-hydrogen) atoms. The van der Waals surface area contributed by atoms with E-state index in [9.17, 15) is 71.5 Å². The maximum Gasteiger partial charge on any atom is 0.189 e. The first-order valence-corrected chi connectivity index (χ1v) is 26.6. The quantitative estimate of drug-likeness (QED) is 0.0879. The molecule has 14 N–H and O–H groups in total. The Morgan fingerprint density at radius 3 is 1.85 bits per heavy atom. The van der Waals surface area contributed by atoms with Crippen LogP contribution in [0.15, 0.2) is 11.6 Å². The number of aliphatic hydroxyl groups excluding tert-OH is 13. The van der Waals surface area contributed by atoms with Gasteiger partial charge in [0.05, 0.1) is 44.2 Å². The molecule has 1 unspecified atom stereocenters. The van der Waals surface area contributed by atoms with Crippen molar-refractivity contribution in [2.75, 3.05) is 26.4 Å². The number of allylic oxidation sites excluding steroid dienone is 1. The molecule has 0 bridgehead atoms. The van der Waals surface area contributed by atoms with Crippen molar-refractivity contribution in [3.8, 4) is 0 Å². The standard InChI is InChI=1S/C50H80O24/c1-19-7-12-50(65-18-19)20(2)29-25(74-50)14-49(64)24-6-5-21-13-22(8-10-47(21,3)23(24)9-11-48(29,49)4)66-43-38(62)34(58)39(28(17-53)69-43)70-46-41(72-44-36(60)32(56)30(54)26(15-51)67-44)40(31(55)27(16-52)68-46)71-45-37(61)33(57)35(59)42(63)73-45/h5,19-20,22-46,51-64H,6-18H2,1-4H3/t19?,20-,22-,23-,24+,25-,26+,27+,28+,29-,30+,31+,32-,33+,34+,35+,36+,37-,38+,39-,40-,41+,42+,43+,44-,45-,46-,47-,48+,49+,50+/m0/s1. The summed E-state index contributed by atoms with van der Waals surface area (Å²) in [4.78, 5) is 0. The molecule has 24 nitrogen and oxygen atoms in total. The van der Waals surface area contributed by atoms with Gasteiger partial charge in [-0.15, -0.1) is 0 Å². The van der Waals surface area contributed by atoms with E-state index in [-0.39, 0.29) is 40.6 Å². The van der Waals surface area contributed by atoms with Gasteiger partial charge < -0.3 is 119 Å². The summed E-state index contributed by atoms with van der Waals surface area (Å²) in [6, 6.07) is 0. The van der Waals surface area contributed by atoms with Crippen LogP contribution in [0.4, 0.5) is 0 Å². The van der Waals surface area contributed by atoms with Gasteiger partial charge in [0, 0.05) is 30.1 Å². The zero-order chi connectivity index (χ0) is 53.1. The van der Waals surface area contributed by atoms with Crippen molar-refractivity contribution < 1.29 is 119 Å². The van der Waals surface area contributed by atoms with Gasteiger partial charge in [-0.2, -0.15) is 0 Å². The van der Waals surface area contributed by atoms with E-state index in [1.54, 1.807) is 0 Å². The van der Waals surface area contributed by atoms with Crippen molar-refractivity contribution >= 4 is 0 Å². The Morgan fingerprint density at radius 1 is 0.581 bits per heavy atom. The topological polar surface area (TPSA) is 376 Å². The SMILES string of the molecule is CC1CC[C@@]2(OC1)O[C@H]1C[C@@]3(O)[C@@H]4CC=C5C[C@@H](O[C@@H]6O[C@H](CO)[C@H](O[C@@H]7O[C@H](CO)[C@@H](O)[C@H](O[C@H]8O[C@@H](O)[C@H](O)[C@@H](O)[C@@H]8O)[C@H]7O[C@@H]7O[C@H](CO)[C@@H](O)[C@H](O)[C@H]7O)[C@H](O)[C@H]6O)CC[C@]5(C)[C@H]4CC[C@]3(C)[C@H]1[C@@H]2C. The zero-order valence-corrected chi connectivity index (χ0v) is 42.2. The Kier molecular flexibility index (Phi) is 15.9. The van der Waals surface area contributed by atoms with Gasteiger partial charge in [0.25, 0.3) is 0 Å². The average Bonchev–Trinajstić information content (AvgIpc) is 3.86. The second-order valence-corrected chi connectivity index (χ2v) is 23.7.